The first-order chi connectivity index (χ1) is 21.9. The number of hydrogen-bond donors (Lipinski definition) is 4. The largest absolute Gasteiger partial charge is 0.458 e. The molecule has 12 nitrogen and oxygen atoms in total. The van der Waals surface area contributed by atoms with E-state index in [1.54, 1.807) is 20.8 Å². The fourth-order valence-electron chi connectivity index (χ4n) is 6.97. The maximum Gasteiger partial charge on any atom is 0.329 e. The number of primary amides is 1. The zero-order valence-electron chi connectivity index (χ0n) is 29.6. The molecule has 1 saturated heterocycles. The second-order valence-electron chi connectivity index (χ2n) is 16.2. The Morgan fingerprint density at radius 1 is 0.872 bits per heavy atom. The first kappa shape index (κ1) is 38.3. The average Bonchev–Trinajstić information content (AvgIpc) is 3.35. The van der Waals surface area contributed by atoms with Crippen molar-refractivity contribution >= 4 is 35.5 Å². The Bertz CT molecular complexity index is 1150. The Balaban J connectivity index is 1.75. The number of carbonyl (C=O) groups is 6. The number of carbonyl (C=O) groups excluding carboxylic acids is 6. The molecule has 5 atom stereocenters. The molecule has 3 aliphatic rings. The molecule has 0 bridgehead atoms. The van der Waals surface area contributed by atoms with Crippen molar-refractivity contribution in [3.8, 4) is 0 Å². The zero-order chi connectivity index (χ0) is 35.1. The highest BCUT2D eigenvalue weighted by Gasteiger charge is 2.45. The second kappa shape index (κ2) is 16.3. The van der Waals surface area contributed by atoms with Crippen molar-refractivity contribution in [2.75, 3.05) is 6.54 Å². The quantitative estimate of drug-likeness (QED) is 0.172. The molecule has 0 aromatic rings. The second-order valence-corrected chi connectivity index (χ2v) is 16.2. The van der Waals surface area contributed by atoms with Crippen molar-refractivity contribution in [2.45, 2.75) is 155 Å². The third-order valence-corrected chi connectivity index (χ3v) is 9.76. The number of esters is 1. The molecule has 0 aromatic carbocycles. The minimum atomic E-state index is -1.10. The molecular weight excluding hydrogens is 602 g/mol. The fourth-order valence-corrected chi connectivity index (χ4v) is 6.97. The summed E-state index contributed by atoms with van der Waals surface area (Å²) in [5.74, 6) is -2.90. The van der Waals surface area contributed by atoms with E-state index < -0.39 is 70.7 Å². The van der Waals surface area contributed by atoms with Crippen LogP contribution in [-0.4, -0.2) is 76.7 Å². The van der Waals surface area contributed by atoms with Gasteiger partial charge in [0.1, 0.15) is 23.7 Å². The van der Waals surface area contributed by atoms with E-state index in [-0.39, 0.29) is 18.4 Å². The van der Waals surface area contributed by atoms with Gasteiger partial charge in [0.25, 0.3) is 5.91 Å². The molecule has 1 unspecified atom stereocenters. The first-order valence-corrected chi connectivity index (χ1v) is 17.6. The van der Waals surface area contributed by atoms with E-state index in [0.717, 1.165) is 51.4 Å². The van der Waals surface area contributed by atoms with E-state index in [4.69, 9.17) is 10.5 Å². The number of rotatable bonds is 13. The lowest BCUT2D eigenvalue weighted by molar-refractivity contribution is -0.159. The SMILES string of the molecule is C[C@@H]1C[C@@H](C(=O)NC(CCCC2CCC2)C(=O)C(N)=O)N(C(=O)[C@@H](NC(=O)N[C@@H](C(=O)OC(C)(C)C)C2CCCCC2)C(C)(C)C)C1. The summed E-state index contributed by atoms with van der Waals surface area (Å²) >= 11 is 0. The molecule has 0 spiro atoms. The molecule has 266 valence electrons. The van der Waals surface area contributed by atoms with Crippen molar-refractivity contribution in [1.29, 1.82) is 0 Å². The van der Waals surface area contributed by atoms with Gasteiger partial charge < -0.3 is 31.3 Å². The number of urea groups is 1. The van der Waals surface area contributed by atoms with Crippen molar-refractivity contribution in [3.63, 3.8) is 0 Å². The summed E-state index contributed by atoms with van der Waals surface area (Å²) in [5.41, 5.74) is 3.84. The summed E-state index contributed by atoms with van der Waals surface area (Å²) in [7, 11) is 0. The predicted octanol–water partition coefficient (Wildman–Crippen LogP) is 3.74. The molecule has 1 heterocycles. The smallest absolute Gasteiger partial charge is 0.329 e. The van der Waals surface area contributed by atoms with E-state index in [9.17, 15) is 28.8 Å². The number of amides is 5. The van der Waals surface area contributed by atoms with Crippen molar-refractivity contribution in [2.24, 2.45) is 28.9 Å². The monoisotopic (exact) mass is 661 g/mol. The first-order valence-electron chi connectivity index (χ1n) is 17.6. The van der Waals surface area contributed by atoms with Crippen LogP contribution in [0.3, 0.4) is 0 Å². The number of nitrogens with two attached hydrogens (primary N) is 1. The van der Waals surface area contributed by atoms with Crippen LogP contribution in [0.25, 0.3) is 0 Å². The molecule has 12 heteroatoms. The highest BCUT2D eigenvalue weighted by molar-refractivity contribution is 6.37. The van der Waals surface area contributed by atoms with Crippen molar-refractivity contribution in [1.82, 2.24) is 20.9 Å². The maximum atomic E-state index is 14.2. The predicted molar refractivity (Wildman–Crippen MR) is 178 cm³/mol. The summed E-state index contributed by atoms with van der Waals surface area (Å²) in [5, 5.41) is 8.38. The molecule has 47 heavy (non-hydrogen) atoms. The van der Waals surface area contributed by atoms with Crippen LogP contribution in [0.2, 0.25) is 0 Å². The van der Waals surface area contributed by atoms with E-state index >= 15 is 0 Å². The molecular formula is C35H59N5O7. The molecule has 2 aliphatic carbocycles. The van der Waals surface area contributed by atoms with Gasteiger partial charge in [-0.15, -0.1) is 0 Å². The number of hydrogen-bond acceptors (Lipinski definition) is 7. The van der Waals surface area contributed by atoms with Gasteiger partial charge in [0.05, 0.1) is 6.04 Å². The number of nitrogens with zero attached hydrogens (tertiary/aromatic N) is 1. The highest BCUT2D eigenvalue weighted by Crippen LogP contribution is 2.32. The van der Waals surface area contributed by atoms with Crippen LogP contribution < -0.4 is 21.7 Å². The Labute approximate surface area is 280 Å². The van der Waals surface area contributed by atoms with Crippen LogP contribution in [0.5, 0.6) is 0 Å². The van der Waals surface area contributed by atoms with Gasteiger partial charge in [-0.25, -0.2) is 9.59 Å². The minimum absolute atomic E-state index is 0.0177. The topological polar surface area (TPSA) is 177 Å². The lowest BCUT2D eigenvalue weighted by Gasteiger charge is -2.36. The van der Waals surface area contributed by atoms with Crippen LogP contribution in [0.1, 0.15) is 126 Å². The lowest BCUT2D eigenvalue weighted by Crippen LogP contribution is -2.61. The Morgan fingerprint density at radius 3 is 2.04 bits per heavy atom. The van der Waals surface area contributed by atoms with Crippen LogP contribution in [0.4, 0.5) is 4.79 Å². The average molecular weight is 662 g/mol. The van der Waals surface area contributed by atoms with Crippen LogP contribution in [0.15, 0.2) is 0 Å². The van der Waals surface area contributed by atoms with E-state index in [1.807, 2.05) is 27.7 Å². The van der Waals surface area contributed by atoms with Gasteiger partial charge in [0.2, 0.25) is 17.6 Å². The molecule has 5 N–H and O–H groups in total. The van der Waals surface area contributed by atoms with E-state index in [0.29, 0.717) is 25.2 Å². The maximum absolute atomic E-state index is 14.2. The zero-order valence-corrected chi connectivity index (χ0v) is 29.6. The van der Waals surface area contributed by atoms with Gasteiger partial charge in [0, 0.05) is 6.54 Å². The molecule has 5 amide bonds. The molecule has 0 radical (unpaired) electrons. The molecule has 0 aromatic heterocycles. The van der Waals surface area contributed by atoms with Gasteiger partial charge in [-0.05, 0) is 69.6 Å². The number of nitrogens with one attached hydrogen (secondary N) is 3. The standard InChI is InChI=1S/C35H59N5O7/c1-21-19-25(30(43)37-24(27(41)29(36)42)18-12-15-22-13-11-14-22)40(20-21)31(44)28(34(2,3)4)39-33(46)38-26(23-16-9-8-10-17-23)32(45)47-35(5,6)7/h21-26,28H,8-20H2,1-7H3,(H2,36,42)(H,37,43)(H2,38,39,46)/t21-,24?,25+,26-,28-/m1/s1. The van der Waals surface area contributed by atoms with Gasteiger partial charge >= 0.3 is 12.0 Å². The van der Waals surface area contributed by atoms with Crippen LogP contribution in [-0.2, 0) is 28.7 Å². The Morgan fingerprint density at radius 2 is 1.51 bits per heavy atom. The van der Waals surface area contributed by atoms with E-state index in [1.165, 1.54) is 11.3 Å². The van der Waals surface area contributed by atoms with Gasteiger partial charge in [-0.2, -0.15) is 0 Å². The lowest BCUT2D eigenvalue weighted by atomic mass is 9.81. The molecule has 3 fully saturated rings. The van der Waals surface area contributed by atoms with Gasteiger partial charge in [-0.3, -0.25) is 19.2 Å². The normalized spacial score (nSPS) is 22.7. The summed E-state index contributed by atoms with van der Waals surface area (Å²) in [4.78, 5) is 80.5. The highest BCUT2D eigenvalue weighted by atomic mass is 16.6. The molecule has 3 rings (SSSR count). The number of likely N-dealkylation sites (tertiary alicyclic amines) is 1. The van der Waals surface area contributed by atoms with Crippen LogP contribution in [0, 0.1) is 23.2 Å². The van der Waals surface area contributed by atoms with E-state index in [2.05, 4.69) is 16.0 Å². The summed E-state index contributed by atoms with van der Waals surface area (Å²) in [6, 6.07) is -4.50. The van der Waals surface area contributed by atoms with Gasteiger partial charge in [-0.1, -0.05) is 79.1 Å². The summed E-state index contributed by atoms with van der Waals surface area (Å²) < 4.78 is 5.66. The van der Waals surface area contributed by atoms with Crippen molar-refractivity contribution in [3.05, 3.63) is 0 Å². The number of ether oxygens (including phenoxy) is 1. The van der Waals surface area contributed by atoms with Crippen LogP contribution >= 0.6 is 0 Å². The van der Waals surface area contributed by atoms with Crippen molar-refractivity contribution < 1.29 is 33.5 Å². The third-order valence-electron chi connectivity index (χ3n) is 9.76. The number of Topliss-reactive ketones (excluding diaryl/α,β-unsaturated/α-hetero) is 1. The third kappa shape index (κ3) is 11.2. The fraction of sp³-hybridized carbons (Fsp3) is 0.829. The summed E-state index contributed by atoms with van der Waals surface area (Å²) in [6.07, 6.45) is 10.3. The Kier molecular flexibility index (Phi) is 13.3. The van der Waals surface area contributed by atoms with Gasteiger partial charge in [0.15, 0.2) is 0 Å². The Hall–Kier alpha value is -3.18. The summed E-state index contributed by atoms with van der Waals surface area (Å²) in [6.45, 7) is 13.0. The minimum Gasteiger partial charge on any atom is -0.458 e. The number of ketones is 1. The molecule has 2 saturated carbocycles. The molecule has 1 aliphatic heterocycles.